The van der Waals surface area contributed by atoms with Gasteiger partial charge >= 0.3 is 0 Å². The Morgan fingerprint density at radius 1 is 1.17 bits per heavy atom. The van der Waals surface area contributed by atoms with Gasteiger partial charge in [-0.2, -0.15) is 0 Å². The number of hydrogen-bond acceptors (Lipinski definition) is 1. The van der Waals surface area contributed by atoms with Gasteiger partial charge in [0, 0.05) is 10.5 Å². The lowest BCUT2D eigenvalue weighted by Gasteiger charge is -2.19. The fraction of sp³-hybridized carbons (Fsp3) is 0.625. The Labute approximate surface area is 120 Å². The molecule has 0 spiro atoms. The van der Waals surface area contributed by atoms with Crippen LogP contribution in [-0.2, 0) is 6.42 Å². The van der Waals surface area contributed by atoms with Crippen LogP contribution in [-0.4, -0.2) is 12.6 Å². The second-order valence-corrected chi connectivity index (χ2v) is 6.23. The molecule has 1 nitrogen and oxygen atoms in total. The van der Waals surface area contributed by atoms with Crippen molar-refractivity contribution in [2.24, 2.45) is 5.92 Å². The normalized spacial score (nSPS) is 12.9. The first-order valence-corrected chi connectivity index (χ1v) is 7.89. The third-order valence-corrected chi connectivity index (χ3v) is 4.02. The van der Waals surface area contributed by atoms with E-state index in [0.717, 1.165) is 18.9 Å². The Morgan fingerprint density at radius 2 is 1.89 bits per heavy atom. The van der Waals surface area contributed by atoms with Crippen LogP contribution in [0.3, 0.4) is 0 Å². The Kier molecular flexibility index (Phi) is 7.60. The first-order chi connectivity index (χ1) is 8.63. The lowest BCUT2D eigenvalue weighted by Crippen LogP contribution is -2.31. The number of nitrogens with one attached hydrogen (secondary N) is 1. The minimum atomic E-state index is 0.604. The van der Waals surface area contributed by atoms with Gasteiger partial charge < -0.3 is 5.32 Å². The largest absolute Gasteiger partial charge is 0.314 e. The highest BCUT2D eigenvalue weighted by atomic mass is 79.9. The summed E-state index contributed by atoms with van der Waals surface area (Å²) < 4.78 is 1.23. The topological polar surface area (TPSA) is 12.0 Å². The van der Waals surface area contributed by atoms with Crippen LogP contribution in [0.4, 0.5) is 0 Å². The molecule has 0 aliphatic rings. The van der Waals surface area contributed by atoms with Crippen LogP contribution < -0.4 is 5.32 Å². The zero-order chi connectivity index (χ0) is 13.4. The van der Waals surface area contributed by atoms with Crippen molar-refractivity contribution in [3.05, 3.63) is 34.3 Å². The first-order valence-electron chi connectivity index (χ1n) is 7.10. The maximum atomic E-state index is 3.64. The van der Waals surface area contributed by atoms with Gasteiger partial charge in [0.2, 0.25) is 0 Å². The molecule has 0 saturated carbocycles. The van der Waals surface area contributed by atoms with Crippen LogP contribution in [0.5, 0.6) is 0 Å². The fourth-order valence-corrected chi connectivity index (χ4v) is 2.71. The van der Waals surface area contributed by atoms with E-state index in [2.05, 4.69) is 66.3 Å². The smallest absolute Gasteiger partial charge is 0.0207 e. The summed E-state index contributed by atoms with van der Waals surface area (Å²) >= 11 is 3.64. The quantitative estimate of drug-likeness (QED) is 0.727. The van der Waals surface area contributed by atoms with E-state index < -0.39 is 0 Å². The van der Waals surface area contributed by atoms with E-state index >= 15 is 0 Å². The zero-order valence-electron chi connectivity index (χ0n) is 11.9. The van der Waals surface area contributed by atoms with E-state index in [-0.39, 0.29) is 0 Å². The van der Waals surface area contributed by atoms with Crippen molar-refractivity contribution in [1.29, 1.82) is 0 Å². The molecule has 1 rings (SSSR count). The van der Waals surface area contributed by atoms with Gasteiger partial charge in [0.1, 0.15) is 0 Å². The van der Waals surface area contributed by atoms with Gasteiger partial charge in [-0.05, 0) is 36.9 Å². The molecule has 0 bridgehead atoms. The predicted octanol–water partition coefficient (Wildman–Crippen LogP) is 4.80. The van der Waals surface area contributed by atoms with Crippen LogP contribution in [0.2, 0.25) is 0 Å². The predicted molar refractivity (Wildman–Crippen MR) is 84.0 cm³/mol. The molecule has 0 amide bonds. The van der Waals surface area contributed by atoms with Crippen molar-refractivity contribution >= 4 is 15.9 Å². The first kappa shape index (κ1) is 15.7. The molecule has 0 radical (unpaired) electrons. The van der Waals surface area contributed by atoms with Crippen molar-refractivity contribution in [3.63, 3.8) is 0 Å². The number of hydrogen-bond donors (Lipinski definition) is 1. The minimum Gasteiger partial charge on any atom is -0.314 e. The lowest BCUT2D eigenvalue weighted by molar-refractivity contribution is 0.441. The van der Waals surface area contributed by atoms with Crippen LogP contribution >= 0.6 is 15.9 Å². The van der Waals surface area contributed by atoms with Crippen molar-refractivity contribution in [2.75, 3.05) is 6.54 Å². The Hall–Kier alpha value is -0.340. The zero-order valence-corrected chi connectivity index (χ0v) is 13.5. The standard InChI is InChI=1S/C16H26BrN/c1-4-18-15(10-7-8-13(2)3)12-14-9-5-6-11-16(14)17/h5-6,9,11,13,15,18H,4,7-8,10,12H2,1-3H3. The molecule has 0 fully saturated rings. The van der Waals surface area contributed by atoms with Crippen molar-refractivity contribution in [1.82, 2.24) is 5.32 Å². The van der Waals surface area contributed by atoms with Crippen LogP contribution in [0.1, 0.15) is 45.6 Å². The molecule has 102 valence electrons. The summed E-state index contributed by atoms with van der Waals surface area (Å²) in [5.41, 5.74) is 1.41. The van der Waals surface area contributed by atoms with Gasteiger partial charge in [-0.1, -0.05) is 67.7 Å². The molecule has 0 aromatic heterocycles. The van der Waals surface area contributed by atoms with Gasteiger partial charge in [0.15, 0.2) is 0 Å². The second-order valence-electron chi connectivity index (χ2n) is 5.37. The number of halogens is 1. The van der Waals surface area contributed by atoms with E-state index in [1.807, 2.05) is 0 Å². The maximum absolute atomic E-state index is 3.64. The summed E-state index contributed by atoms with van der Waals surface area (Å²) in [6.07, 6.45) is 5.04. The summed E-state index contributed by atoms with van der Waals surface area (Å²) in [7, 11) is 0. The molecule has 0 saturated heterocycles. The Bertz CT molecular complexity index is 336. The molecule has 2 heteroatoms. The number of rotatable bonds is 8. The van der Waals surface area contributed by atoms with Crippen molar-refractivity contribution in [3.8, 4) is 0 Å². The molecule has 1 aromatic carbocycles. The summed E-state index contributed by atoms with van der Waals surface area (Å²) in [5, 5.41) is 3.61. The average Bonchev–Trinajstić information content (AvgIpc) is 2.32. The van der Waals surface area contributed by atoms with Crippen molar-refractivity contribution in [2.45, 2.75) is 52.5 Å². The highest BCUT2D eigenvalue weighted by Crippen LogP contribution is 2.19. The molecule has 1 N–H and O–H groups in total. The van der Waals surface area contributed by atoms with Crippen LogP contribution in [0.25, 0.3) is 0 Å². The third kappa shape index (κ3) is 6.01. The summed E-state index contributed by atoms with van der Waals surface area (Å²) in [5.74, 6) is 0.815. The highest BCUT2D eigenvalue weighted by molar-refractivity contribution is 9.10. The molecule has 0 aliphatic heterocycles. The Balaban J connectivity index is 2.49. The second kappa shape index (κ2) is 8.71. The average molecular weight is 312 g/mol. The summed E-state index contributed by atoms with van der Waals surface area (Å²) in [6, 6.07) is 9.15. The minimum absolute atomic E-state index is 0.604. The fourth-order valence-electron chi connectivity index (χ4n) is 2.27. The van der Waals surface area contributed by atoms with Crippen LogP contribution in [0.15, 0.2) is 28.7 Å². The number of benzene rings is 1. The number of likely N-dealkylation sites (N-methyl/N-ethyl adjacent to an activating group) is 1. The molecule has 1 unspecified atom stereocenters. The molecule has 0 aliphatic carbocycles. The monoisotopic (exact) mass is 311 g/mol. The SMILES string of the molecule is CCNC(CCCC(C)C)Cc1ccccc1Br. The van der Waals surface area contributed by atoms with E-state index in [1.165, 1.54) is 29.3 Å². The molecule has 0 heterocycles. The van der Waals surface area contributed by atoms with E-state index in [4.69, 9.17) is 0 Å². The summed E-state index contributed by atoms with van der Waals surface area (Å²) in [4.78, 5) is 0. The van der Waals surface area contributed by atoms with Gasteiger partial charge in [-0.3, -0.25) is 0 Å². The highest BCUT2D eigenvalue weighted by Gasteiger charge is 2.10. The lowest BCUT2D eigenvalue weighted by atomic mass is 9.98. The molecule has 1 atom stereocenters. The third-order valence-electron chi connectivity index (χ3n) is 3.25. The van der Waals surface area contributed by atoms with Gasteiger partial charge in [-0.15, -0.1) is 0 Å². The van der Waals surface area contributed by atoms with Gasteiger partial charge in [0.25, 0.3) is 0 Å². The van der Waals surface area contributed by atoms with E-state index in [9.17, 15) is 0 Å². The van der Waals surface area contributed by atoms with Gasteiger partial charge in [0.05, 0.1) is 0 Å². The summed E-state index contributed by atoms with van der Waals surface area (Å²) in [6.45, 7) is 7.85. The molecular formula is C16H26BrN. The van der Waals surface area contributed by atoms with Gasteiger partial charge in [-0.25, -0.2) is 0 Å². The molecule has 1 aromatic rings. The van der Waals surface area contributed by atoms with E-state index in [0.29, 0.717) is 6.04 Å². The molecular weight excluding hydrogens is 286 g/mol. The van der Waals surface area contributed by atoms with Crippen LogP contribution in [0, 0.1) is 5.92 Å². The molecule has 18 heavy (non-hydrogen) atoms. The van der Waals surface area contributed by atoms with Crippen molar-refractivity contribution < 1.29 is 0 Å². The Morgan fingerprint density at radius 3 is 2.50 bits per heavy atom. The van der Waals surface area contributed by atoms with E-state index in [1.54, 1.807) is 0 Å². The maximum Gasteiger partial charge on any atom is 0.0207 e.